The zero-order chi connectivity index (χ0) is 7.00. The van der Waals surface area contributed by atoms with Gasteiger partial charge in [0.25, 0.3) is 0 Å². The Morgan fingerprint density at radius 2 is 1.91 bits per heavy atom. The van der Waals surface area contributed by atoms with E-state index in [1.165, 1.54) is 27.3 Å². The van der Waals surface area contributed by atoms with Gasteiger partial charge in [0.15, 0.2) is 0 Å². The average Bonchev–Trinajstić information content (AvgIpc) is 2.65. The van der Waals surface area contributed by atoms with E-state index in [-0.39, 0.29) is 0 Å². The number of rotatable bonds is 0. The van der Waals surface area contributed by atoms with E-state index in [1.807, 2.05) is 0 Å². The molecule has 2 aromatic carbocycles. The van der Waals surface area contributed by atoms with Gasteiger partial charge in [-0.1, -0.05) is 12.1 Å². The molecule has 4 aromatic rings. The molecule has 0 amide bonds. The van der Waals surface area contributed by atoms with Gasteiger partial charge in [-0.25, -0.2) is 0 Å². The Morgan fingerprint density at radius 3 is 2.91 bits per heavy atom. The van der Waals surface area contributed by atoms with Crippen molar-refractivity contribution in [1.29, 1.82) is 0 Å². The van der Waals surface area contributed by atoms with Crippen LogP contribution in [0.2, 0.25) is 0 Å². The predicted molar refractivity (Wildman–Crippen MR) is 46.0 cm³/mol. The molecule has 0 saturated carbocycles. The maximum absolute atomic E-state index is 2.31. The first-order valence-corrected chi connectivity index (χ1v) is 3.82. The Morgan fingerprint density at radius 1 is 1.00 bits per heavy atom. The zero-order valence-corrected chi connectivity index (χ0v) is 5.83. The summed E-state index contributed by atoms with van der Waals surface area (Å²) in [6, 6.07) is 11.0. The summed E-state index contributed by atoms with van der Waals surface area (Å²) < 4.78 is 2.31. The van der Waals surface area contributed by atoms with Crippen LogP contribution in [0.15, 0.2) is 30.3 Å². The highest BCUT2D eigenvalue weighted by Crippen LogP contribution is 2.38. The van der Waals surface area contributed by atoms with E-state index in [0.29, 0.717) is 0 Å². The molecule has 0 radical (unpaired) electrons. The largest absolute Gasteiger partial charge is 0.306 e. The molecule has 0 unspecified atom stereocenters. The lowest BCUT2D eigenvalue weighted by Crippen LogP contribution is -1.69. The molecule has 2 heterocycles. The molecule has 11 heavy (non-hydrogen) atoms. The molecule has 0 spiro atoms. The molecule has 1 heteroatoms. The first-order valence-electron chi connectivity index (χ1n) is 3.82. The van der Waals surface area contributed by atoms with Crippen LogP contribution in [0, 0.1) is 0 Å². The first kappa shape index (κ1) is 4.39. The lowest BCUT2D eigenvalue weighted by Gasteiger charge is -1.91. The van der Waals surface area contributed by atoms with Gasteiger partial charge in [-0.15, -0.1) is 0 Å². The Balaban J connectivity index is 2.73. The van der Waals surface area contributed by atoms with Crippen molar-refractivity contribution in [2.75, 3.05) is 0 Å². The lowest BCUT2D eigenvalue weighted by atomic mass is 10.1. The summed E-state index contributed by atoms with van der Waals surface area (Å²) in [5, 5.41) is 2.80. The monoisotopic (exact) mass is 139 g/mol. The fraction of sp³-hybridized carbons (Fsp3) is 0. The molecule has 0 saturated heterocycles. The van der Waals surface area contributed by atoms with Gasteiger partial charge in [0.05, 0.1) is 11.0 Å². The van der Waals surface area contributed by atoms with Crippen LogP contribution in [0.25, 0.3) is 27.3 Å². The third kappa shape index (κ3) is 0.302. The Labute approximate surface area is 62.8 Å². The second kappa shape index (κ2) is 1.03. The van der Waals surface area contributed by atoms with Crippen molar-refractivity contribution in [3.05, 3.63) is 30.3 Å². The minimum atomic E-state index is 1.35. The van der Waals surface area contributed by atoms with Crippen LogP contribution in [-0.2, 0) is 0 Å². The van der Waals surface area contributed by atoms with E-state index < -0.39 is 0 Å². The second-order valence-electron chi connectivity index (χ2n) is 3.17. The normalized spacial score (nSPS) is 13.5. The predicted octanol–water partition coefficient (Wildman–Crippen LogP) is 2.56. The number of nitrogens with zero attached hydrogens (tertiary/aromatic N) is 1. The fourth-order valence-corrected chi connectivity index (χ4v) is 2.06. The SMILES string of the molecule is c1cc2cc3c1ccc1c3n21. The topological polar surface area (TPSA) is 4.41 Å². The molecule has 0 N–H and O–H groups in total. The highest BCUT2D eigenvalue weighted by Gasteiger charge is 2.18. The van der Waals surface area contributed by atoms with Crippen LogP contribution in [0.4, 0.5) is 0 Å². The number of pyridine rings is 1. The highest BCUT2D eigenvalue weighted by molar-refractivity contribution is 6.17. The third-order valence-electron chi connectivity index (χ3n) is 2.63. The molecule has 0 aliphatic heterocycles. The fourth-order valence-electron chi connectivity index (χ4n) is 2.06. The molecule has 2 aromatic heterocycles. The van der Waals surface area contributed by atoms with E-state index >= 15 is 0 Å². The summed E-state index contributed by atoms with van der Waals surface area (Å²) >= 11 is 0. The van der Waals surface area contributed by atoms with E-state index in [4.69, 9.17) is 0 Å². The smallest absolute Gasteiger partial charge is 0.0782 e. The molecule has 4 rings (SSSR count). The average molecular weight is 139 g/mol. The third-order valence-corrected chi connectivity index (χ3v) is 2.63. The Bertz CT molecular complexity index is 596. The van der Waals surface area contributed by atoms with Gasteiger partial charge in [-0.3, -0.25) is 0 Å². The number of hydrogen-bond acceptors (Lipinski definition) is 0. The molecular formula is C10H5N. The van der Waals surface area contributed by atoms with Crippen LogP contribution in [0.5, 0.6) is 0 Å². The van der Waals surface area contributed by atoms with Crippen LogP contribution >= 0.6 is 0 Å². The van der Waals surface area contributed by atoms with E-state index in [0.717, 1.165) is 0 Å². The number of fused-ring (bicyclic) bond motifs is 3. The minimum Gasteiger partial charge on any atom is -0.306 e. The van der Waals surface area contributed by atoms with Crippen LogP contribution in [-0.4, -0.2) is 4.40 Å². The lowest BCUT2D eigenvalue weighted by molar-refractivity contribution is 1.48. The van der Waals surface area contributed by atoms with E-state index in [1.54, 1.807) is 0 Å². The van der Waals surface area contributed by atoms with Gasteiger partial charge in [-0.2, -0.15) is 0 Å². The van der Waals surface area contributed by atoms with Gasteiger partial charge in [0, 0.05) is 10.9 Å². The summed E-state index contributed by atoms with van der Waals surface area (Å²) in [5.74, 6) is 0. The van der Waals surface area contributed by atoms with Crippen LogP contribution in [0.1, 0.15) is 0 Å². The van der Waals surface area contributed by atoms with Gasteiger partial charge < -0.3 is 4.40 Å². The Hall–Kier alpha value is -1.50. The summed E-state index contributed by atoms with van der Waals surface area (Å²) in [7, 11) is 0. The quantitative estimate of drug-likeness (QED) is 0.352. The Kier molecular flexibility index (Phi) is 0.413. The summed E-state index contributed by atoms with van der Waals surface area (Å²) in [6.07, 6.45) is 0. The second-order valence-corrected chi connectivity index (χ2v) is 3.17. The number of benzene rings is 2. The molecule has 0 aliphatic rings. The zero-order valence-electron chi connectivity index (χ0n) is 5.83. The van der Waals surface area contributed by atoms with Gasteiger partial charge >= 0.3 is 0 Å². The number of aromatic nitrogens is 1. The molecule has 0 atom stereocenters. The van der Waals surface area contributed by atoms with Gasteiger partial charge in [-0.05, 0) is 23.6 Å². The van der Waals surface area contributed by atoms with Crippen molar-refractivity contribution in [2.45, 2.75) is 0 Å². The van der Waals surface area contributed by atoms with Gasteiger partial charge in [0.2, 0.25) is 0 Å². The van der Waals surface area contributed by atoms with Crippen LogP contribution in [0.3, 0.4) is 0 Å². The van der Waals surface area contributed by atoms with Gasteiger partial charge in [0.1, 0.15) is 0 Å². The van der Waals surface area contributed by atoms with Crippen molar-refractivity contribution in [3.8, 4) is 0 Å². The first-order chi connectivity index (χ1) is 5.45. The van der Waals surface area contributed by atoms with Crippen molar-refractivity contribution in [3.63, 3.8) is 0 Å². The minimum absolute atomic E-state index is 1.35. The van der Waals surface area contributed by atoms with Crippen molar-refractivity contribution in [2.24, 2.45) is 0 Å². The van der Waals surface area contributed by atoms with E-state index in [2.05, 4.69) is 34.7 Å². The molecule has 0 fully saturated rings. The van der Waals surface area contributed by atoms with Crippen molar-refractivity contribution in [1.82, 2.24) is 4.40 Å². The van der Waals surface area contributed by atoms with Crippen molar-refractivity contribution < 1.29 is 0 Å². The van der Waals surface area contributed by atoms with E-state index in [9.17, 15) is 0 Å². The number of hydrogen-bond donors (Lipinski definition) is 0. The molecule has 1 nitrogen and oxygen atoms in total. The summed E-state index contributed by atoms with van der Waals surface area (Å²) in [5.41, 5.74) is 4.20. The van der Waals surface area contributed by atoms with Crippen LogP contribution < -0.4 is 0 Å². The molecular weight excluding hydrogens is 134 g/mol. The maximum atomic E-state index is 2.31. The maximum Gasteiger partial charge on any atom is 0.0782 e. The molecule has 2 bridgehead atoms. The molecule has 0 aliphatic carbocycles. The summed E-state index contributed by atoms with van der Waals surface area (Å²) in [6.45, 7) is 0. The highest BCUT2D eigenvalue weighted by atomic mass is 15.0. The van der Waals surface area contributed by atoms with Crippen molar-refractivity contribution >= 4 is 27.3 Å². The molecule has 50 valence electrons. The standard InChI is InChI=1S/C10H5N/c1-3-7-5-8-6(1)2-4-9-10(8)11(7)9/h1-5H. The summed E-state index contributed by atoms with van der Waals surface area (Å²) in [4.78, 5) is 0.